The summed E-state index contributed by atoms with van der Waals surface area (Å²) in [4.78, 5) is 12.7. The van der Waals surface area contributed by atoms with Crippen LogP contribution in [-0.4, -0.2) is 33.9 Å². The lowest BCUT2D eigenvalue weighted by molar-refractivity contribution is -0.117. The molecule has 1 aliphatic heterocycles. The van der Waals surface area contributed by atoms with Gasteiger partial charge in [0.05, 0.1) is 19.1 Å². The highest BCUT2D eigenvalue weighted by molar-refractivity contribution is 5.93. The molecule has 6 nitrogen and oxygen atoms in total. The Labute approximate surface area is 86.9 Å². The van der Waals surface area contributed by atoms with Crippen LogP contribution >= 0.6 is 0 Å². The molecule has 6 heteroatoms. The third-order valence-corrected chi connectivity index (χ3v) is 2.26. The van der Waals surface area contributed by atoms with Gasteiger partial charge < -0.3 is 9.52 Å². The van der Waals surface area contributed by atoms with Gasteiger partial charge in [-0.05, 0) is 6.42 Å². The fraction of sp³-hybridized carbons (Fsp3) is 0.667. The van der Waals surface area contributed by atoms with Gasteiger partial charge in [0.25, 0.3) is 0 Å². The summed E-state index contributed by atoms with van der Waals surface area (Å²) < 4.78 is 5.30. The van der Waals surface area contributed by atoms with Crippen LogP contribution in [0.5, 0.6) is 0 Å². The van der Waals surface area contributed by atoms with E-state index in [0.717, 1.165) is 6.42 Å². The molecule has 0 saturated carbocycles. The molecule has 1 amide bonds. The Hall–Kier alpha value is -1.43. The number of aliphatic hydroxyl groups is 1. The molecule has 15 heavy (non-hydrogen) atoms. The van der Waals surface area contributed by atoms with Gasteiger partial charge in [-0.2, -0.15) is 0 Å². The van der Waals surface area contributed by atoms with Gasteiger partial charge in [0.2, 0.25) is 11.8 Å². The molecule has 82 valence electrons. The molecule has 1 aromatic rings. The van der Waals surface area contributed by atoms with Crippen molar-refractivity contribution in [3.8, 4) is 0 Å². The topological polar surface area (TPSA) is 79.5 Å². The van der Waals surface area contributed by atoms with Crippen LogP contribution < -0.4 is 4.90 Å². The van der Waals surface area contributed by atoms with Crippen molar-refractivity contribution in [3.05, 3.63) is 5.89 Å². The molecule has 1 fully saturated rings. The van der Waals surface area contributed by atoms with E-state index < -0.39 is 6.10 Å². The van der Waals surface area contributed by atoms with Gasteiger partial charge in [-0.15, -0.1) is 5.10 Å². The Balaban J connectivity index is 2.12. The number of hydrogen-bond acceptors (Lipinski definition) is 5. The number of nitrogens with zero attached hydrogens (tertiary/aromatic N) is 3. The van der Waals surface area contributed by atoms with Crippen LogP contribution in [-0.2, 0) is 11.2 Å². The lowest BCUT2D eigenvalue weighted by Gasteiger charge is -2.08. The molecule has 2 heterocycles. The maximum atomic E-state index is 11.4. The Morgan fingerprint density at radius 2 is 2.40 bits per heavy atom. The molecule has 1 aromatic heterocycles. The summed E-state index contributed by atoms with van der Waals surface area (Å²) in [7, 11) is 0. The smallest absolute Gasteiger partial charge is 0.325 e. The fourth-order valence-corrected chi connectivity index (χ4v) is 1.54. The summed E-state index contributed by atoms with van der Waals surface area (Å²) in [5.41, 5.74) is 0. The van der Waals surface area contributed by atoms with Crippen molar-refractivity contribution in [1.29, 1.82) is 0 Å². The number of anilines is 1. The van der Waals surface area contributed by atoms with E-state index in [1.807, 2.05) is 6.92 Å². The van der Waals surface area contributed by atoms with Crippen LogP contribution in [0.4, 0.5) is 6.01 Å². The largest absolute Gasteiger partial charge is 0.408 e. The Morgan fingerprint density at radius 1 is 1.60 bits per heavy atom. The first-order chi connectivity index (χ1) is 7.20. The van der Waals surface area contributed by atoms with E-state index in [1.165, 1.54) is 4.90 Å². The molecule has 0 bridgehead atoms. The van der Waals surface area contributed by atoms with Gasteiger partial charge >= 0.3 is 6.01 Å². The summed E-state index contributed by atoms with van der Waals surface area (Å²) in [6.45, 7) is 2.25. The van der Waals surface area contributed by atoms with Crippen molar-refractivity contribution in [2.24, 2.45) is 0 Å². The monoisotopic (exact) mass is 211 g/mol. The van der Waals surface area contributed by atoms with Crippen LogP contribution in [0.3, 0.4) is 0 Å². The van der Waals surface area contributed by atoms with Crippen molar-refractivity contribution in [3.63, 3.8) is 0 Å². The summed E-state index contributed by atoms with van der Waals surface area (Å²) in [5.74, 6) is 0.357. The van der Waals surface area contributed by atoms with Crippen molar-refractivity contribution >= 4 is 11.9 Å². The predicted octanol–water partition coefficient (Wildman–Crippen LogP) is 0.120. The van der Waals surface area contributed by atoms with Gasteiger partial charge in [0.1, 0.15) is 0 Å². The minimum Gasteiger partial charge on any atom is -0.408 e. The third kappa shape index (κ3) is 1.99. The molecule has 0 spiro atoms. The second-order valence-corrected chi connectivity index (χ2v) is 3.59. The SMILES string of the molecule is CCCc1nnc(N2CC(O)CC2=O)o1. The number of aryl methyl sites for hydroxylation is 1. The summed E-state index contributed by atoms with van der Waals surface area (Å²) >= 11 is 0. The minimum atomic E-state index is -0.626. The quantitative estimate of drug-likeness (QED) is 0.768. The highest BCUT2D eigenvalue weighted by Crippen LogP contribution is 2.20. The van der Waals surface area contributed by atoms with E-state index in [9.17, 15) is 9.90 Å². The van der Waals surface area contributed by atoms with Crippen molar-refractivity contribution in [2.45, 2.75) is 32.3 Å². The lowest BCUT2D eigenvalue weighted by Crippen LogP contribution is -2.25. The van der Waals surface area contributed by atoms with Crippen LogP contribution in [0, 0.1) is 0 Å². The number of amides is 1. The zero-order valence-electron chi connectivity index (χ0n) is 8.51. The van der Waals surface area contributed by atoms with Gasteiger partial charge in [0, 0.05) is 6.42 Å². The number of carbonyl (C=O) groups excluding carboxylic acids is 1. The average molecular weight is 211 g/mol. The molecule has 1 unspecified atom stereocenters. The Morgan fingerprint density at radius 3 is 3.00 bits per heavy atom. The minimum absolute atomic E-state index is 0.130. The maximum Gasteiger partial charge on any atom is 0.325 e. The van der Waals surface area contributed by atoms with E-state index in [-0.39, 0.29) is 24.9 Å². The van der Waals surface area contributed by atoms with E-state index >= 15 is 0 Å². The second-order valence-electron chi connectivity index (χ2n) is 3.59. The lowest BCUT2D eigenvalue weighted by atomic mass is 10.3. The van der Waals surface area contributed by atoms with Crippen molar-refractivity contribution in [1.82, 2.24) is 10.2 Å². The molecule has 0 aliphatic carbocycles. The van der Waals surface area contributed by atoms with Crippen LogP contribution in [0.2, 0.25) is 0 Å². The number of hydrogen-bond donors (Lipinski definition) is 1. The molecule has 1 saturated heterocycles. The van der Waals surface area contributed by atoms with Gasteiger partial charge in [-0.3, -0.25) is 9.69 Å². The van der Waals surface area contributed by atoms with E-state index in [0.29, 0.717) is 12.3 Å². The molecule has 1 N–H and O–H groups in total. The van der Waals surface area contributed by atoms with Gasteiger partial charge in [-0.1, -0.05) is 12.0 Å². The van der Waals surface area contributed by atoms with E-state index in [1.54, 1.807) is 0 Å². The van der Waals surface area contributed by atoms with Crippen molar-refractivity contribution < 1.29 is 14.3 Å². The predicted molar refractivity (Wildman–Crippen MR) is 51.3 cm³/mol. The van der Waals surface area contributed by atoms with Gasteiger partial charge in [0.15, 0.2) is 0 Å². The van der Waals surface area contributed by atoms with Crippen LogP contribution in [0.1, 0.15) is 25.7 Å². The molecular weight excluding hydrogens is 198 g/mol. The molecule has 1 aliphatic rings. The zero-order chi connectivity index (χ0) is 10.8. The van der Waals surface area contributed by atoms with Crippen LogP contribution in [0.15, 0.2) is 4.42 Å². The number of carbonyl (C=O) groups is 1. The fourth-order valence-electron chi connectivity index (χ4n) is 1.54. The third-order valence-electron chi connectivity index (χ3n) is 2.26. The summed E-state index contributed by atoms with van der Waals surface area (Å²) in [6.07, 6.45) is 1.13. The highest BCUT2D eigenvalue weighted by atomic mass is 16.4. The number of β-amino-alcohol motifs (C(OH)–C–C–N with tert-alkyl or cyclic N) is 1. The second kappa shape index (κ2) is 3.98. The number of rotatable bonds is 3. The summed E-state index contributed by atoms with van der Waals surface area (Å²) in [5, 5.41) is 16.9. The Kier molecular flexibility index (Phi) is 2.68. The average Bonchev–Trinajstić information content (AvgIpc) is 2.73. The summed E-state index contributed by atoms with van der Waals surface area (Å²) in [6, 6.07) is 0.194. The number of aliphatic hydroxyl groups excluding tert-OH is 1. The van der Waals surface area contributed by atoms with E-state index in [4.69, 9.17) is 4.42 Å². The first kappa shape index (κ1) is 10.1. The molecule has 0 radical (unpaired) electrons. The van der Waals surface area contributed by atoms with Crippen LogP contribution in [0.25, 0.3) is 0 Å². The number of aromatic nitrogens is 2. The maximum absolute atomic E-state index is 11.4. The van der Waals surface area contributed by atoms with Crippen molar-refractivity contribution in [2.75, 3.05) is 11.4 Å². The zero-order valence-corrected chi connectivity index (χ0v) is 8.51. The normalized spacial score (nSPS) is 21.3. The molecule has 1 atom stereocenters. The van der Waals surface area contributed by atoms with E-state index in [2.05, 4.69) is 10.2 Å². The standard InChI is InChI=1S/C9H13N3O3/c1-2-3-7-10-11-9(15-7)12-5-6(13)4-8(12)14/h6,13H,2-5H2,1H3. The first-order valence-corrected chi connectivity index (χ1v) is 5.01. The molecular formula is C9H13N3O3. The first-order valence-electron chi connectivity index (χ1n) is 5.01. The molecule has 2 rings (SSSR count). The molecule has 0 aromatic carbocycles. The Bertz CT molecular complexity index is 363. The van der Waals surface area contributed by atoms with Gasteiger partial charge in [-0.25, -0.2) is 0 Å². The highest BCUT2D eigenvalue weighted by Gasteiger charge is 2.32.